The number of aromatic nitrogens is 2. The van der Waals surface area contributed by atoms with E-state index < -0.39 is 0 Å². The lowest BCUT2D eigenvalue weighted by molar-refractivity contribution is 0.102. The first kappa shape index (κ1) is 13.9. The molecule has 1 amide bonds. The zero-order valence-corrected chi connectivity index (χ0v) is 11.7. The number of aromatic amines is 1. The highest BCUT2D eigenvalue weighted by Gasteiger charge is 2.10. The van der Waals surface area contributed by atoms with E-state index in [1.54, 1.807) is 37.4 Å². The van der Waals surface area contributed by atoms with Gasteiger partial charge < -0.3 is 15.4 Å². The summed E-state index contributed by atoms with van der Waals surface area (Å²) in [6.07, 6.45) is 0. The first-order chi connectivity index (χ1) is 9.58. The maximum Gasteiger partial charge on any atom is 0.273 e. The molecular weight excluding hydrogens is 256 g/mol. The number of carbonyl (C=O) groups excluding carboxylic acids is 1. The Labute approximate surface area is 117 Å². The lowest BCUT2D eigenvalue weighted by Gasteiger charge is -2.05. The molecule has 6 nitrogen and oxygen atoms in total. The monoisotopic (exact) mass is 274 g/mol. The van der Waals surface area contributed by atoms with E-state index >= 15 is 0 Å². The maximum atomic E-state index is 12.0. The Hall–Kier alpha value is -2.50. The van der Waals surface area contributed by atoms with Gasteiger partial charge in [-0.1, -0.05) is 0 Å². The number of anilines is 2. The Kier molecular flexibility index (Phi) is 4.24. The normalized spacial score (nSPS) is 10.4. The molecule has 2 aromatic rings. The number of rotatable bonds is 5. The van der Waals surface area contributed by atoms with Crippen molar-refractivity contribution < 1.29 is 9.53 Å². The molecule has 0 radical (unpaired) electrons. The third-order valence-electron chi connectivity index (χ3n) is 2.61. The zero-order chi connectivity index (χ0) is 14.5. The summed E-state index contributed by atoms with van der Waals surface area (Å²) in [5, 5.41) is 12.6. The van der Waals surface area contributed by atoms with Gasteiger partial charge in [0.1, 0.15) is 17.3 Å². The Morgan fingerprint density at radius 2 is 2.00 bits per heavy atom. The molecule has 0 fully saturated rings. The second-order valence-corrected chi connectivity index (χ2v) is 4.65. The van der Waals surface area contributed by atoms with Crippen LogP contribution in [-0.2, 0) is 0 Å². The van der Waals surface area contributed by atoms with Gasteiger partial charge in [-0.2, -0.15) is 5.10 Å². The van der Waals surface area contributed by atoms with Crippen molar-refractivity contribution in [2.24, 2.45) is 0 Å². The highest BCUT2D eigenvalue weighted by atomic mass is 16.5. The first-order valence-electron chi connectivity index (χ1n) is 6.36. The fraction of sp³-hybridized carbons (Fsp3) is 0.286. The van der Waals surface area contributed by atoms with E-state index in [1.807, 2.05) is 13.8 Å². The summed E-state index contributed by atoms with van der Waals surface area (Å²) in [6.45, 7) is 4.01. The largest absolute Gasteiger partial charge is 0.497 e. The van der Waals surface area contributed by atoms with Crippen LogP contribution in [0.5, 0.6) is 5.75 Å². The number of nitrogens with one attached hydrogen (secondary N) is 3. The molecule has 0 spiro atoms. The van der Waals surface area contributed by atoms with Crippen molar-refractivity contribution in [2.45, 2.75) is 19.9 Å². The summed E-state index contributed by atoms with van der Waals surface area (Å²) in [5.74, 6) is 1.16. The molecule has 0 aliphatic heterocycles. The number of hydrogen-bond acceptors (Lipinski definition) is 4. The highest BCUT2D eigenvalue weighted by Crippen LogP contribution is 2.16. The van der Waals surface area contributed by atoms with Gasteiger partial charge in [-0.05, 0) is 38.1 Å². The number of hydrogen-bond donors (Lipinski definition) is 3. The van der Waals surface area contributed by atoms with Crippen LogP contribution in [0.3, 0.4) is 0 Å². The van der Waals surface area contributed by atoms with E-state index in [0.717, 1.165) is 5.75 Å². The molecule has 0 unspecified atom stereocenters. The van der Waals surface area contributed by atoms with E-state index in [9.17, 15) is 4.79 Å². The Morgan fingerprint density at radius 1 is 1.30 bits per heavy atom. The van der Waals surface area contributed by atoms with Gasteiger partial charge in [0.25, 0.3) is 5.91 Å². The molecule has 6 heteroatoms. The molecule has 1 aromatic carbocycles. The van der Waals surface area contributed by atoms with E-state index in [4.69, 9.17) is 4.74 Å². The van der Waals surface area contributed by atoms with Crippen LogP contribution in [0, 0.1) is 0 Å². The fourth-order valence-corrected chi connectivity index (χ4v) is 1.68. The van der Waals surface area contributed by atoms with Gasteiger partial charge in [-0.15, -0.1) is 0 Å². The number of ether oxygens (including phenoxy) is 1. The van der Waals surface area contributed by atoms with Crippen LogP contribution in [0.15, 0.2) is 30.3 Å². The predicted molar refractivity (Wildman–Crippen MR) is 78.3 cm³/mol. The average molecular weight is 274 g/mol. The van der Waals surface area contributed by atoms with Crippen LogP contribution in [-0.4, -0.2) is 29.3 Å². The van der Waals surface area contributed by atoms with Crippen molar-refractivity contribution in [3.8, 4) is 5.75 Å². The summed E-state index contributed by atoms with van der Waals surface area (Å²) < 4.78 is 5.06. The van der Waals surface area contributed by atoms with Crippen LogP contribution in [0.2, 0.25) is 0 Å². The molecule has 1 heterocycles. The van der Waals surface area contributed by atoms with Crippen molar-refractivity contribution >= 4 is 17.4 Å². The van der Waals surface area contributed by atoms with Crippen LogP contribution in [0.25, 0.3) is 0 Å². The molecular formula is C14H18N4O2. The van der Waals surface area contributed by atoms with Crippen LogP contribution in [0.1, 0.15) is 24.3 Å². The van der Waals surface area contributed by atoms with Crippen molar-refractivity contribution in [3.63, 3.8) is 0 Å². The second kappa shape index (κ2) is 6.10. The van der Waals surface area contributed by atoms with Crippen molar-refractivity contribution in [1.29, 1.82) is 0 Å². The van der Waals surface area contributed by atoms with Crippen LogP contribution < -0.4 is 15.4 Å². The molecule has 0 aliphatic rings. The number of nitrogens with zero attached hydrogens (tertiary/aromatic N) is 1. The summed E-state index contributed by atoms with van der Waals surface area (Å²) in [6, 6.07) is 9.07. The highest BCUT2D eigenvalue weighted by molar-refractivity contribution is 6.03. The van der Waals surface area contributed by atoms with Gasteiger partial charge in [0.15, 0.2) is 0 Å². The molecule has 20 heavy (non-hydrogen) atoms. The van der Waals surface area contributed by atoms with Gasteiger partial charge in [-0.25, -0.2) is 0 Å². The van der Waals surface area contributed by atoms with Gasteiger partial charge in [-0.3, -0.25) is 9.89 Å². The topological polar surface area (TPSA) is 79.0 Å². The minimum atomic E-state index is -0.237. The van der Waals surface area contributed by atoms with Gasteiger partial charge in [0, 0.05) is 17.8 Å². The Bertz CT molecular complexity index is 575. The number of methoxy groups -OCH3 is 1. The van der Waals surface area contributed by atoms with Crippen LogP contribution in [0.4, 0.5) is 11.5 Å². The predicted octanol–water partition coefficient (Wildman–Crippen LogP) is 2.49. The lowest BCUT2D eigenvalue weighted by Crippen LogP contribution is -2.12. The molecule has 3 N–H and O–H groups in total. The quantitative estimate of drug-likeness (QED) is 0.782. The van der Waals surface area contributed by atoms with E-state index in [-0.39, 0.29) is 11.9 Å². The molecule has 2 rings (SSSR count). The summed E-state index contributed by atoms with van der Waals surface area (Å²) in [5.41, 5.74) is 1.10. The molecule has 0 aliphatic carbocycles. The lowest BCUT2D eigenvalue weighted by atomic mass is 10.3. The van der Waals surface area contributed by atoms with E-state index in [2.05, 4.69) is 20.8 Å². The first-order valence-corrected chi connectivity index (χ1v) is 6.36. The third kappa shape index (κ3) is 3.50. The number of carbonyl (C=O) groups is 1. The van der Waals surface area contributed by atoms with Crippen molar-refractivity contribution in [3.05, 3.63) is 36.0 Å². The minimum absolute atomic E-state index is 0.237. The average Bonchev–Trinajstić information content (AvgIpc) is 2.87. The van der Waals surface area contributed by atoms with Gasteiger partial charge >= 0.3 is 0 Å². The molecule has 0 saturated carbocycles. The zero-order valence-electron chi connectivity index (χ0n) is 11.7. The third-order valence-corrected chi connectivity index (χ3v) is 2.61. The Morgan fingerprint density at radius 3 is 2.60 bits per heavy atom. The minimum Gasteiger partial charge on any atom is -0.497 e. The standard InChI is InChI=1S/C14H18N4O2/c1-9(2)15-13-8-12(17-18-13)14(19)16-10-4-6-11(20-3)7-5-10/h4-9H,1-3H3,(H,16,19)(H2,15,17,18). The summed E-state index contributed by atoms with van der Waals surface area (Å²) in [4.78, 5) is 12.0. The molecule has 0 atom stereocenters. The number of benzene rings is 1. The van der Waals surface area contributed by atoms with Crippen LogP contribution >= 0.6 is 0 Å². The SMILES string of the molecule is COc1ccc(NC(=O)c2cc(NC(C)C)n[nH]2)cc1. The molecule has 106 valence electrons. The molecule has 0 saturated heterocycles. The smallest absolute Gasteiger partial charge is 0.273 e. The summed E-state index contributed by atoms with van der Waals surface area (Å²) in [7, 11) is 1.60. The fourth-order valence-electron chi connectivity index (χ4n) is 1.68. The maximum absolute atomic E-state index is 12.0. The Balaban J connectivity index is 2.01. The number of H-pyrrole nitrogens is 1. The van der Waals surface area contributed by atoms with Gasteiger partial charge in [0.05, 0.1) is 7.11 Å². The molecule has 0 bridgehead atoms. The number of amides is 1. The van der Waals surface area contributed by atoms with Gasteiger partial charge in [0.2, 0.25) is 0 Å². The molecule has 1 aromatic heterocycles. The van der Waals surface area contributed by atoms with E-state index in [0.29, 0.717) is 17.2 Å². The second-order valence-electron chi connectivity index (χ2n) is 4.65. The summed E-state index contributed by atoms with van der Waals surface area (Å²) >= 11 is 0. The van der Waals surface area contributed by atoms with Crippen molar-refractivity contribution in [1.82, 2.24) is 10.2 Å². The van der Waals surface area contributed by atoms with E-state index in [1.165, 1.54) is 0 Å². The van der Waals surface area contributed by atoms with Crippen molar-refractivity contribution in [2.75, 3.05) is 17.7 Å².